The molecule has 0 rings (SSSR count). The molecule has 0 unspecified atom stereocenters. The highest BCUT2D eigenvalue weighted by Crippen LogP contribution is 1.97. The highest BCUT2D eigenvalue weighted by Gasteiger charge is 2.15. The summed E-state index contributed by atoms with van der Waals surface area (Å²) in [5, 5.41) is 8.15. The molecular weight excluding hydrogens is 168 g/mol. The first kappa shape index (κ1) is 10.2. The van der Waals surface area contributed by atoms with Crippen LogP contribution < -0.4 is 0 Å². The lowest BCUT2D eigenvalue weighted by molar-refractivity contribution is -0.134. The van der Waals surface area contributed by atoms with Gasteiger partial charge < -0.3 is 5.11 Å². The maximum absolute atomic E-state index is 10.8. The molecule has 0 radical (unpaired) electrons. The number of hydrogen-bond donors (Lipinski definition) is 1. The molecular formula is C6H10O4S. The lowest BCUT2D eigenvalue weighted by atomic mass is 10.4. The predicted octanol–water partition coefficient (Wildman–Crippen LogP) is 0.0619. The second-order valence-electron chi connectivity index (χ2n) is 2.38. The molecule has 1 N–H and O–H groups in total. The summed E-state index contributed by atoms with van der Waals surface area (Å²) in [6, 6.07) is 0. The molecule has 64 valence electrons. The van der Waals surface area contributed by atoms with E-state index in [0.717, 1.165) is 0 Å². The van der Waals surface area contributed by atoms with E-state index in [2.05, 4.69) is 6.58 Å². The van der Waals surface area contributed by atoms with Crippen molar-refractivity contribution in [1.29, 1.82) is 0 Å². The average Bonchev–Trinajstić information content (AvgIpc) is 1.53. The van der Waals surface area contributed by atoms with Gasteiger partial charge in [-0.25, -0.2) is 8.42 Å². The third-order valence-corrected chi connectivity index (χ3v) is 2.43. The zero-order valence-electron chi connectivity index (χ0n) is 6.20. The monoisotopic (exact) mass is 178 g/mol. The molecule has 0 aliphatic rings. The Morgan fingerprint density at radius 1 is 1.45 bits per heavy atom. The Balaban J connectivity index is 4.25. The molecule has 0 amide bonds. The molecule has 5 heteroatoms. The van der Waals surface area contributed by atoms with Gasteiger partial charge >= 0.3 is 5.97 Å². The summed E-state index contributed by atoms with van der Waals surface area (Å²) >= 11 is 0. The lowest BCUT2D eigenvalue weighted by Gasteiger charge is -1.98. The molecule has 0 saturated carbocycles. The average molecular weight is 178 g/mol. The first-order valence-corrected chi connectivity index (χ1v) is 4.72. The van der Waals surface area contributed by atoms with E-state index in [1.54, 1.807) is 6.92 Å². The predicted molar refractivity (Wildman–Crippen MR) is 41.1 cm³/mol. The third-order valence-electron chi connectivity index (χ3n) is 0.810. The topological polar surface area (TPSA) is 71.4 Å². The van der Waals surface area contributed by atoms with Gasteiger partial charge in [-0.15, -0.1) is 0 Å². The standard InChI is InChI=1S/C6H10O4S/c1-5(2)3-11(9,10)4-6(7)8/h1,3-4H2,2H3,(H,7,8). The number of sulfone groups is 1. The van der Waals surface area contributed by atoms with Crippen LogP contribution in [0.25, 0.3) is 0 Å². The first-order chi connectivity index (χ1) is 4.83. The Morgan fingerprint density at radius 3 is 2.18 bits per heavy atom. The normalized spacial score (nSPS) is 11.0. The van der Waals surface area contributed by atoms with Crippen molar-refractivity contribution in [2.24, 2.45) is 0 Å². The van der Waals surface area contributed by atoms with Crippen molar-refractivity contribution >= 4 is 15.8 Å². The SMILES string of the molecule is C=C(C)CS(=O)(=O)CC(=O)O. The van der Waals surface area contributed by atoms with Crippen LogP contribution in [0.1, 0.15) is 6.92 Å². The van der Waals surface area contributed by atoms with Crippen molar-refractivity contribution in [3.63, 3.8) is 0 Å². The van der Waals surface area contributed by atoms with Crippen molar-refractivity contribution in [3.8, 4) is 0 Å². The van der Waals surface area contributed by atoms with Crippen LogP contribution in [0.15, 0.2) is 12.2 Å². The number of rotatable bonds is 4. The fourth-order valence-electron chi connectivity index (χ4n) is 0.615. The fourth-order valence-corrected chi connectivity index (χ4v) is 1.84. The van der Waals surface area contributed by atoms with Gasteiger partial charge in [-0.2, -0.15) is 0 Å². The fraction of sp³-hybridized carbons (Fsp3) is 0.500. The Labute approximate surface area is 65.5 Å². The van der Waals surface area contributed by atoms with E-state index in [-0.39, 0.29) is 5.75 Å². The van der Waals surface area contributed by atoms with E-state index >= 15 is 0 Å². The minimum atomic E-state index is -3.48. The summed E-state index contributed by atoms with van der Waals surface area (Å²) in [6.07, 6.45) is 0. The van der Waals surface area contributed by atoms with Crippen molar-refractivity contribution in [2.75, 3.05) is 11.5 Å². The largest absolute Gasteiger partial charge is 0.480 e. The molecule has 0 aromatic rings. The van der Waals surface area contributed by atoms with Gasteiger partial charge in [0.25, 0.3) is 0 Å². The molecule has 0 aliphatic carbocycles. The molecule has 0 heterocycles. The Bertz CT molecular complexity index is 240. The first-order valence-electron chi connectivity index (χ1n) is 2.90. The second-order valence-corrected chi connectivity index (χ2v) is 4.45. The van der Waals surface area contributed by atoms with Gasteiger partial charge in [-0.05, 0) is 6.92 Å². The summed E-state index contributed by atoms with van der Waals surface area (Å²) in [5.41, 5.74) is 0.450. The molecule has 0 spiro atoms. The maximum Gasteiger partial charge on any atom is 0.318 e. The van der Waals surface area contributed by atoms with Crippen LogP contribution in [0.3, 0.4) is 0 Å². The Kier molecular flexibility index (Phi) is 3.25. The maximum atomic E-state index is 10.8. The van der Waals surface area contributed by atoms with Crippen LogP contribution in [0.5, 0.6) is 0 Å². The van der Waals surface area contributed by atoms with Crippen LogP contribution >= 0.6 is 0 Å². The summed E-state index contributed by atoms with van der Waals surface area (Å²) in [6.45, 7) is 4.92. The summed E-state index contributed by atoms with van der Waals surface area (Å²) in [7, 11) is -3.48. The Morgan fingerprint density at radius 2 is 1.91 bits per heavy atom. The van der Waals surface area contributed by atoms with Gasteiger partial charge in [-0.3, -0.25) is 4.79 Å². The van der Waals surface area contributed by atoms with Crippen molar-refractivity contribution < 1.29 is 18.3 Å². The minimum Gasteiger partial charge on any atom is -0.480 e. The third kappa shape index (κ3) is 5.60. The van der Waals surface area contributed by atoms with E-state index < -0.39 is 21.6 Å². The number of carboxylic acids is 1. The van der Waals surface area contributed by atoms with Crippen LogP contribution in [0.2, 0.25) is 0 Å². The molecule has 4 nitrogen and oxygen atoms in total. The smallest absolute Gasteiger partial charge is 0.318 e. The molecule has 0 atom stereocenters. The van der Waals surface area contributed by atoms with Crippen LogP contribution in [0, 0.1) is 0 Å². The summed E-state index contributed by atoms with van der Waals surface area (Å²) in [4.78, 5) is 9.99. The summed E-state index contributed by atoms with van der Waals surface area (Å²) in [5.74, 6) is -2.40. The zero-order chi connectivity index (χ0) is 9.07. The molecule has 0 aromatic carbocycles. The molecule has 0 aliphatic heterocycles. The molecule has 0 fully saturated rings. The highest BCUT2D eigenvalue weighted by molar-refractivity contribution is 7.92. The molecule has 11 heavy (non-hydrogen) atoms. The minimum absolute atomic E-state index is 0.251. The van der Waals surface area contributed by atoms with E-state index in [1.807, 2.05) is 0 Å². The van der Waals surface area contributed by atoms with Gasteiger partial charge in [-0.1, -0.05) is 12.2 Å². The number of carbonyl (C=O) groups is 1. The Hall–Kier alpha value is -0.840. The second kappa shape index (κ2) is 3.52. The molecule has 0 aromatic heterocycles. The van der Waals surface area contributed by atoms with Gasteiger partial charge in [0.05, 0.1) is 5.75 Å². The van der Waals surface area contributed by atoms with E-state index in [0.29, 0.717) is 5.57 Å². The molecule has 0 bridgehead atoms. The lowest BCUT2D eigenvalue weighted by Crippen LogP contribution is -2.18. The van der Waals surface area contributed by atoms with Gasteiger partial charge in [0, 0.05) is 0 Å². The summed E-state index contributed by atoms with van der Waals surface area (Å²) < 4.78 is 21.6. The number of aliphatic carboxylic acids is 1. The van der Waals surface area contributed by atoms with E-state index in [1.165, 1.54) is 0 Å². The van der Waals surface area contributed by atoms with E-state index in [9.17, 15) is 13.2 Å². The van der Waals surface area contributed by atoms with Gasteiger partial charge in [0.2, 0.25) is 0 Å². The van der Waals surface area contributed by atoms with Gasteiger partial charge in [0.1, 0.15) is 5.75 Å². The number of carboxylic acid groups (broad SMARTS) is 1. The molecule has 0 saturated heterocycles. The van der Waals surface area contributed by atoms with Crippen LogP contribution in [-0.4, -0.2) is 31.0 Å². The quantitative estimate of drug-likeness (QED) is 0.618. The van der Waals surface area contributed by atoms with Crippen LogP contribution in [-0.2, 0) is 14.6 Å². The van der Waals surface area contributed by atoms with Gasteiger partial charge in [0.15, 0.2) is 9.84 Å². The van der Waals surface area contributed by atoms with Crippen LogP contribution in [0.4, 0.5) is 0 Å². The van der Waals surface area contributed by atoms with E-state index in [4.69, 9.17) is 5.11 Å². The number of hydrogen-bond acceptors (Lipinski definition) is 3. The van der Waals surface area contributed by atoms with Crippen molar-refractivity contribution in [1.82, 2.24) is 0 Å². The zero-order valence-corrected chi connectivity index (χ0v) is 7.02. The van der Waals surface area contributed by atoms with Crippen molar-refractivity contribution in [3.05, 3.63) is 12.2 Å². The van der Waals surface area contributed by atoms with Crippen molar-refractivity contribution in [2.45, 2.75) is 6.92 Å². The highest BCUT2D eigenvalue weighted by atomic mass is 32.2.